The normalized spacial score (nSPS) is 11.6. The fraction of sp³-hybridized carbons (Fsp3) is 0.0741. The van der Waals surface area contributed by atoms with Crippen LogP contribution < -0.4 is 0 Å². The van der Waals surface area contributed by atoms with Gasteiger partial charge in [0.1, 0.15) is 0 Å². The number of hydrogen-bond acceptors (Lipinski definition) is 0. The third-order valence-corrected chi connectivity index (χ3v) is 6.26. The average molecular weight is 385 g/mol. The number of fused-ring (bicyclic) bond motifs is 6. The van der Waals surface area contributed by atoms with Crippen molar-refractivity contribution in [2.75, 3.05) is 0 Å². The van der Waals surface area contributed by atoms with Crippen LogP contribution in [0.15, 0.2) is 78.9 Å². The Kier molecular flexibility index (Phi) is 3.37. The summed E-state index contributed by atoms with van der Waals surface area (Å²) >= 11 is 0. The Balaban J connectivity index is 1.77. The number of aryl methyl sites for hydroxylation is 2. The van der Waals surface area contributed by atoms with E-state index in [9.17, 15) is 0 Å². The van der Waals surface area contributed by atoms with Gasteiger partial charge in [0.2, 0.25) is 0 Å². The van der Waals surface area contributed by atoms with Gasteiger partial charge in [-0.15, -0.1) is 0 Å². The minimum Gasteiger partial charge on any atom is -0.344 e. The first kappa shape index (κ1) is 16.9. The van der Waals surface area contributed by atoms with E-state index in [0.717, 1.165) is 16.6 Å². The Morgan fingerprint density at radius 2 is 1.43 bits per heavy atom. The summed E-state index contributed by atoms with van der Waals surface area (Å²) in [5.41, 5.74) is 7.85. The molecule has 0 aliphatic carbocycles. The molecule has 0 fully saturated rings. The van der Waals surface area contributed by atoms with Crippen LogP contribution in [0.5, 0.6) is 0 Å². The predicted octanol–water partition coefficient (Wildman–Crippen LogP) is 7.29. The fourth-order valence-electron chi connectivity index (χ4n) is 4.86. The Hall–Kier alpha value is -4.03. The summed E-state index contributed by atoms with van der Waals surface area (Å²) in [4.78, 5) is 3.65. The molecule has 0 spiro atoms. The molecule has 0 saturated carbocycles. The molecular weight excluding hydrogens is 366 g/mol. The molecule has 30 heavy (non-hydrogen) atoms. The second-order valence-electron chi connectivity index (χ2n) is 7.90. The van der Waals surface area contributed by atoms with Gasteiger partial charge in [0, 0.05) is 39.9 Å². The summed E-state index contributed by atoms with van der Waals surface area (Å²) in [5, 5.41) is 4.84. The summed E-state index contributed by atoms with van der Waals surface area (Å²) in [7, 11) is 2.13. The maximum atomic E-state index is 7.43. The molecule has 0 saturated heterocycles. The van der Waals surface area contributed by atoms with Crippen molar-refractivity contribution in [3.05, 3.63) is 95.8 Å². The van der Waals surface area contributed by atoms with Gasteiger partial charge in [-0.3, -0.25) is 0 Å². The highest BCUT2D eigenvalue weighted by molar-refractivity contribution is 6.12. The van der Waals surface area contributed by atoms with Gasteiger partial charge in [-0.1, -0.05) is 42.5 Å². The number of aromatic nitrogens is 2. The lowest BCUT2D eigenvalue weighted by atomic mass is 10.1. The van der Waals surface area contributed by atoms with Crippen molar-refractivity contribution in [2.24, 2.45) is 7.05 Å². The lowest BCUT2D eigenvalue weighted by Crippen LogP contribution is -1.95. The first-order valence-electron chi connectivity index (χ1n) is 10.1. The minimum absolute atomic E-state index is 0.674. The Bertz CT molecular complexity index is 1670. The molecule has 0 radical (unpaired) electrons. The zero-order valence-electron chi connectivity index (χ0n) is 16.8. The van der Waals surface area contributed by atoms with E-state index in [-0.39, 0.29) is 0 Å². The Labute approximate surface area is 174 Å². The molecule has 6 aromatic rings. The second kappa shape index (κ2) is 5.98. The minimum atomic E-state index is 0.674. The lowest BCUT2D eigenvalue weighted by molar-refractivity contribution is 1.01. The molecule has 0 atom stereocenters. The number of rotatable bonds is 1. The van der Waals surface area contributed by atoms with E-state index in [0.29, 0.717) is 5.69 Å². The maximum Gasteiger partial charge on any atom is 0.188 e. The zero-order valence-corrected chi connectivity index (χ0v) is 16.8. The monoisotopic (exact) mass is 385 g/mol. The van der Waals surface area contributed by atoms with Crippen molar-refractivity contribution in [1.29, 1.82) is 0 Å². The molecule has 4 aromatic carbocycles. The van der Waals surface area contributed by atoms with Crippen molar-refractivity contribution >= 4 is 49.3 Å². The molecule has 0 aliphatic rings. The van der Waals surface area contributed by atoms with Gasteiger partial charge in [0.15, 0.2) is 5.69 Å². The van der Waals surface area contributed by atoms with Gasteiger partial charge in [0.25, 0.3) is 0 Å². The number of hydrogen-bond donors (Lipinski definition) is 0. The number of nitrogens with zero attached hydrogens (tertiary/aromatic N) is 3. The van der Waals surface area contributed by atoms with Crippen LogP contribution in [0.1, 0.15) is 5.56 Å². The fourth-order valence-corrected chi connectivity index (χ4v) is 4.86. The number of benzene rings is 4. The van der Waals surface area contributed by atoms with Crippen LogP contribution in [0, 0.1) is 13.5 Å². The number of para-hydroxylation sites is 2. The Morgan fingerprint density at radius 1 is 0.700 bits per heavy atom. The quantitative estimate of drug-likeness (QED) is 0.264. The van der Waals surface area contributed by atoms with Gasteiger partial charge >= 0.3 is 0 Å². The van der Waals surface area contributed by atoms with Crippen molar-refractivity contribution in [2.45, 2.75) is 6.92 Å². The summed E-state index contributed by atoms with van der Waals surface area (Å²) in [6, 6.07) is 27.7. The summed E-state index contributed by atoms with van der Waals surface area (Å²) < 4.78 is 4.60. The van der Waals surface area contributed by atoms with Crippen LogP contribution in [0.2, 0.25) is 0 Å². The van der Waals surface area contributed by atoms with Gasteiger partial charge in [-0.25, -0.2) is 4.85 Å². The molecule has 2 heterocycles. The van der Waals surface area contributed by atoms with E-state index in [1.165, 1.54) is 38.3 Å². The highest BCUT2D eigenvalue weighted by atomic mass is 15.0. The largest absolute Gasteiger partial charge is 0.344 e. The molecular formula is C27H19N3. The van der Waals surface area contributed by atoms with Gasteiger partial charge < -0.3 is 9.13 Å². The van der Waals surface area contributed by atoms with E-state index in [4.69, 9.17) is 6.57 Å². The van der Waals surface area contributed by atoms with E-state index in [2.05, 4.69) is 94.7 Å². The van der Waals surface area contributed by atoms with E-state index >= 15 is 0 Å². The summed E-state index contributed by atoms with van der Waals surface area (Å²) in [6.45, 7) is 9.58. The smallest absolute Gasteiger partial charge is 0.188 e. The van der Waals surface area contributed by atoms with Crippen LogP contribution in [-0.4, -0.2) is 9.13 Å². The maximum absolute atomic E-state index is 7.43. The standard InChI is InChI=1S/C27H19N3/c1-17-7-6-9-21-22-15-18(28-2)11-13-26(22)30(27(17)21)19-12-14-25-23(16-19)20-8-4-5-10-24(20)29(25)3/h4-16H,1,3H3. The van der Waals surface area contributed by atoms with Crippen molar-refractivity contribution in [3.8, 4) is 5.69 Å². The van der Waals surface area contributed by atoms with Crippen molar-refractivity contribution in [1.82, 2.24) is 9.13 Å². The Morgan fingerprint density at radius 3 is 2.30 bits per heavy atom. The van der Waals surface area contributed by atoms with E-state index in [1.54, 1.807) is 0 Å². The van der Waals surface area contributed by atoms with Crippen LogP contribution in [0.4, 0.5) is 5.69 Å². The highest BCUT2D eigenvalue weighted by Crippen LogP contribution is 2.37. The third kappa shape index (κ3) is 2.13. The third-order valence-electron chi connectivity index (χ3n) is 6.26. The topological polar surface area (TPSA) is 14.2 Å². The van der Waals surface area contributed by atoms with Crippen LogP contribution in [0.3, 0.4) is 0 Å². The molecule has 0 aliphatic heterocycles. The van der Waals surface area contributed by atoms with Crippen LogP contribution in [-0.2, 0) is 7.05 Å². The van der Waals surface area contributed by atoms with E-state index < -0.39 is 0 Å². The summed E-state index contributed by atoms with van der Waals surface area (Å²) in [5.74, 6) is 0. The first-order valence-corrected chi connectivity index (χ1v) is 10.1. The molecule has 0 unspecified atom stereocenters. The molecule has 0 bridgehead atoms. The molecule has 6 rings (SSSR count). The second-order valence-corrected chi connectivity index (χ2v) is 7.90. The molecule has 0 N–H and O–H groups in total. The van der Waals surface area contributed by atoms with Gasteiger partial charge in [-0.2, -0.15) is 0 Å². The molecule has 0 amide bonds. The van der Waals surface area contributed by atoms with Crippen molar-refractivity contribution < 1.29 is 0 Å². The molecule has 2 aromatic heterocycles. The molecule has 3 nitrogen and oxygen atoms in total. The van der Waals surface area contributed by atoms with Crippen LogP contribution in [0.25, 0.3) is 54.1 Å². The molecule has 142 valence electrons. The summed E-state index contributed by atoms with van der Waals surface area (Å²) in [6.07, 6.45) is 0. The van der Waals surface area contributed by atoms with Gasteiger partial charge in [-0.05, 0) is 54.3 Å². The SMILES string of the molecule is [C-]#[N+]c1ccc2c(c1)c1cccc(C)c1n2-c1ccc2c(c1)c1ccccc1n2C. The lowest BCUT2D eigenvalue weighted by Gasteiger charge is -2.10. The van der Waals surface area contributed by atoms with Crippen LogP contribution >= 0.6 is 0 Å². The zero-order chi connectivity index (χ0) is 20.4. The molecule has 3 heteroatoms. The van der Waals surface area contributed by atoms with Gasteiger partial charge in [0.05, 0.1) is 17.6 Å². The first-order chi connectivity index (χ1) is 14.7. The average Bonchev–Trinajstić information content (AvgIpc) is 3.27. The van der Waals surface area contributed by atoms with E-state index in [1.807, 2.05) is 12.1 Å². The highest BCUT2D eigenvalue weighted by Gasteiger charge is 2.16. The predicted molar refractivity (Wildman–Crippen MR) is 126 cm³/mol. The van der Waals surface area contributed by atoms with Crippen molar-refractivity contribution in [3.63, 3.8) is 0 Å².